The molecule has 0 aliphatic heterocycles. The average Bonchev–Trinajstić information content (AvgIpc) is 2.92. The lowest BCUT2D eigenvalue weighted by molar-refractivity contribution is -0.105. The van der Waals surface area contributed by atoms with Crippen LogP contribution in [0, 0.1) is 5.92 Å². The predicted octanol–water partition coefficient (Wildman–Crippen LogP) is 2.34. The monoisotopic (exact) mass is 197 g/mol. The second-order valence-electron chi connectivity index (χ2n) is 4.97. The largest absolute Gasteiger partial charge is 0.375 e. The summed E-state index contributed by atoms with van der Waals surface area (Å²) >= 11 is 0. The van der Waals surface area contributed by atoms with E-state index in [2.05, 4.69) is 5.32 Å². The SMILES string of the molecule is CNCCC1(OCCC2CC2)CCC1. The molecule has 0 aromatic heterocycles. The molecule has 2 nitrogen and oxygen atoms in total. The lowest BCUT2D eigenvalue weighted by Crippen LogP contribution is -2.42. The number of hydrogen-bond acceptors (Lipinski definition) is 2. The van der Waals surface area contributed by atoms with Crippen LogP contribution < -0.4 is 5.32 Å². The Morgan fingerprint density at radius 1 is 1.36 bits per heavy atom. The van der Waals surface area contributed by atoms with Crippen LogP contribution in [0.5, 0.6) is 0 Å². The Morgan fingerprint density at radius 2 is 2.14 bits per heavy atom. The van der Waals surface area contributed by atoms with E-state index in [4.69, 9.17) is 4.74 Å². The molecule has 1 N–H and O–H groups in total. The van der Waals surface area contributed by atoms with Gasteiger partial charge in [0.25, 0.3) is 0 Å². The van der Waals surface area contributed by atoms with Gasteiger partial charge in [-0.1, -0.05) is 12.8 Å². The molecule has 0 radical (unpaired) electrons. The summed E-state index contributed by atoms with van der Waals surface area (Å²) < 4.78 is 6.08. The van der Waals surface area contributed by atoms with Crippen molar-refractivity contribution in [2.75, 3.05) is 20.2 Å². The van der Waals surface area contributed by atoms with Crippen molar-refractivity contribution >= 4 is 0 Å². The zero-order valence-corrected chi connectivity index (χ0v) is 9.35. The van der Waals surface area contributed by atoms with Crippen LogP contribution in [0.4, 0.5) is 0 Å². The lowest BCUT2D eigenvalue weighted by atomic mass is 9.77. The first-order valence-electron chi connectivity index (χ1n) is 6.13. The first kappa shape index (κ1) is 10.4. The maximum atomic E-state index is 6.08. The van der Waals surface area contributed by atoms with E-state index in [0.29, 0.717) is 0 Å². The van der Waals surface area contributed by atoms with Crippen LogP contribution in [0.3, 0.4) is 0 Å². The second-order valence-corrected chi connectivity index (χ2v) is 4.97. The maximum Gasteiger partial charge on any atom is 0.0694 e. The van der Waals surface area contributed by atoms with Gasteiger partial charge in [-0.2, -0.15) is 0 Å². The average molecular weight is 197 g/mol. The molecule has 0 saturated heterocycles. The summed E-state index contributed by atoms with van der Waals surface area (Å²) in [6.07, 6.45) is 9.36. The van der Waals surface area contributed by atoms with Gasteiger partial charge >= 0.3 is 0 Å². The van der Waals surface area contributed by atoms with Crippen molar-refractivity contribution in [1.29, 1.82) is 0 Å². The molecule has 0 unspecified atom stereocenters. The van der Waals surface area contributed by atoms with Gasteiger partial charge in [0.15, 0.2) is 0 Å². The molecular weight excluding hydrogens is 174 g/mol. The van der Waals surface area contributed by atoms with Crippen molar-refractivity contribution in [2.24, 2.45) is 5.92 Å². The summed E-state index contributed by atoms with van der Waals surface area (Å²) in [5.74, 6) is 1.01. The Kier molecular flexibility index (Phi) is 3.45. The van der Waals surface area contributed by atoms with Gasteiger partial charge in [0.05, 0.1) is 5.60 Å². The molecule has 2 aliphatic carbocycles. The topological polar surface area (TPSA) is 21.3 Å². The minimum absolute atomic E-state index is 0.276. The Hall–Kier alpha value is -0.0800. The molecule has 2 rings (SSSR count). The van der Waals surface area contributed by atoms with Gasteiger partial charge in [-0.05, 0) is 51.6 Å². The van der Waals surface area contributed by atoms with Crippen molar-refractivity contribution in [3.63, 3.8) is 0 Å². The molecule has 0 aromatic carbocycles. The van der Waals surface area contributed by atoms with Crippen molar-refractivity contribution in [3.05, 3.63) is 0 Å². The quantitative estimate of drug-likeness (QED) is 0.676. The molecule has 0 atom stereocenters. The van der Waals surface area contributed by atoms with E-state index in [1.807, 2.05) is 7.05 Å². The van der Waals surface area contributed by atoms with Gasteiger partial charge in [-0.3, -0.25) is 0 Å². The van der Waals surface area contributed by atoms with E-state index >= 15 is 0 Å². The molecule has 2 heteroatoms. The summed E-state index contributed by atoms with van der Waals surface area (Å²) in [5.41, 5.74) is 0.276. The van der Waals surface area contributed by atoms with Gasteiger partial charge in [0, 0.05) is 6.61 Å². The van der Waals surface area contributed by atoms with Gasteiger partial charge in [-0.25, -0.2) is 0 Å². The highest BCUT2D eigenvalue weighted by atomic mass is 16.5. The summed E-state index contributed by atoms with van der Waals surface area (Å²) in [6, 6.07) is 0. The summed E-state index contributed by atoms with van der Waals surface area (Å²) in [6.45, 7) is 2.11. The molecule has 2 aliphatic rings. The van der Waals surface area contributed by atoms with Crippen molar-refractivity contribution in [3.8, 4) is 0 Å². The molecule has 14 heavy (non-hydrogen) atoms. The van der Waals surface area contributed by atoms with E-state index in [0.717, 1.165) is 19.1 Å². The zero-order valence-electron chi connectivity index (χ0n) is 9.35. The van der Waals surface area contributed by atoms with Crippen LogP contribution in [0.25, 0.3) is 0 Å². The minimum Gasteiger partial charge on any atom is -0.375 e. The number of nitrogens with one attached hydrogen (secondary N) is 1. The fourth-order valence-corrected chi connectivity index (χ4v) is 2.24. The number of hydrogen-bond donors (Lipinski definition) is 1. The fraction of sp³-hybridized carbons (Fsp3) is 1.00. The predicted molar refractivity (Wildman–Crippen MR) is 58.4 cm³/mol. The second kappa shape index (κ2) is 4.63. The molecular formula is C12H23NO. The zero-order chi connectivity index (χ0) is 9.86. The highest BCUT2D eigenvalue weighted by Crippen LogP contribution is 2.39. The van der Waals surface area contributed by atoms with Crippen molar-refractivity contribution < 1.29 is 4.74 Å². The van der Waals surface area contributed by atoms with Gasteiger partial charge in [-0.15, -0.1) is 0 Å². The van der Waals surface area contributed by atoms with Crippen molar-refractivity contribution in [1.82, 2.24) is 5.32 Å². The van der Waals surface area contributed by atoms with E-state index < -0.39 is 0 Å². The van der Waals surface area contributed by atoms with Gasteiger partial charge in [0.1, 0.15) is 0 Å². The number of ether oxygens (including phenoxy) is 1. The normalized spacial score (nSPS) is 24.6. The van der Waals surface area contributed by atoms with Crippen molar-refractivity contribution in [2.45, 2.75) is 50.5 Å². The molecule has 0 aromatic rings. The highest BCUT2D eigenvalue weighted by Gasteiger charge is 2.37. The summed E-state index contributed by atoms with van der Waals surface area (Å²) in [7, 11) is 2.02. The van der Waals surface area contributed by atoms with Crippen LogP contribution in [-0.4, -0.2) is 25.8 Å². The third-order valence-electron chi connectivity index (χ3n) is 3.73. The molecule has 0 bridgehead atoms. The van der Waals surface area contributed by atoms with Crippen LogP contribution >= 0.6 is 0 Å². The maximum absolute atomic E-state index is 6.08. The Balaban J connectivity index is 1.62. The molecule has 0 spiro atoms. The smallest absolute Gasteiger partial charge is 0.0694 e. The van der Waals surface area contributed by atoms with Gasteiger partial charge < -0.3 is 10.1 Å². The molecule has 0 amide bonds. The third kappa shape index (κ3) is 2.71. The van der Waals surface area contributed by atoms with E-state index in [9.17, 15) is 0 Å². The summed E-state index contributed by atoms with van der Waals surface area (Å²) in [4.78, 5) is 0. The molecule has 2 fully saturated rings. The van der Waals surface area contributed by atoms with Crippen LogP contribution in [0.1, 0.15) is 44.9 Å². The Morgan fingerprint density at radius 3 is 2.64 bits per heavy atom. The summed E-state index contributed by atoms with van der Waals surface area (Å²) in [5, 5.41) is 3.22. The van der Waals surface area contributed by atoms with E-state index in [1.54, 1.807) is 0 Å². The van der Waals surface area contributed by atoms with Crippen LogP contribution in [0.15, 0.2) is 0 Å². The van der Waals surface area contributed by atoms with Crippen LogP contribution in [0.2, 0.25) is 0 Å². The highest BCUT2D eigenvalue weighted by molar-refractivity contribution is 4.90. The lowest BCUT2D eigenvalue weighted by Gasteiger charge is -2.42. The fourth-order valence-electron chi connectivity index (χ4n) is 2.24. The van der Waals surface area contributed by atoms with Gasteiger partial charge in [0.2, 0.25) is 0 Å². The Labute approximate surface area is 87.4 Å². The molecule has 2 saturated carbocycles. The standard InChI is InChI=1S/C12H23NO/c1-13-9-8-12(6-2-7-12)14-10-5-11-3-4-11/h11,13H,2-10H2,1H3. The minimum atomic E-state index is 0.276. The first-order valence-corrected chi connectivity index (χ1v) is 6.13. The Bertz CT molecular complexity index is 173. The number of rotatable bonds is 7. The first-order chi connectivity index (χ1) is 6.85. The molecule has 82 valence electrons. The third-order valence-corrected chi connectivity index (χ3v) is 3.73. The van der Waals surface area contributed by atoms with E-state index in [-0.39, 0.29) is 5.60 Å². The van der Waals surface area contributed by atoms with E-state index in [1.165, 1.54) is 44.9 Å². The van der Waals surface area contributed by atoms with Crippen LogP contribution in [-0.2, 0) is 4.74 Å². The molecule has 0 heterocycles.